The van der Waals surface area contributed by atoms with Crippen LogP contribution in [0.15, 0.2) is 18.2 Å². The zero-order valence-electron chi connectivity index (χ0n) is 9.14. The van der Waals surface area contributed by atoms with Crippen LogP contribution in [0.25, 0.3) is 21.7 Å². The minimum Gasteiger partial charge on any atom is -0.508 e. The third kappa shape index (κ3) is 1.66. The van der Waals surface area contributed by atoms with Crippen LogP contribution < -0.4 is 0 Å². The van der Waals surface area contributed by atoms with E-state index in [9.17, 15) is 5.11 Å². The Bertz CT molecular complexity index is 673. The first-order valence-corrected chi connectivity index (χ1v) is 6.05. The molecule has 0 fully saturated rings. The van der Waals surface area contributed by atoms with E-state index >= 15 is 0 Å². The monoisotopic (exact) mass is 246 g/mol. The third-order valence-electron chi connectivity index (χ3n) is 2.57. The lowest BCUT2D eigenvalue weighted by molar-refractivity contribution is 0.476. The Balaban J connectivity index is 2.18. The quantitative estimate of drug-likeness (QED) is 0.727. The molecule has 0 aliphatic carbocycles. The fraction of sp³-hybridized carbons (Fsp3) is 0.182. The first kappa shape index (κ1) is 10.2. The Morgan fingerprint density at radius 1 is 1.41 bits per heavy atom. The van der Waals surface area contributed by atoms with Crippen molar-refractivity contribution in [2.45, 2.75) is 13.3 Å². The van der Waals surface area contributed by atoms with Gasteiger partial charge in [0.2, 0.25) is 0 Å². The van der Waals surface area contributed by atoms with Crippen molar-refractivity contribution in [3.8, 4) is 16.5 Å². The molecule has 0 saturated heterocycles. The molecule has 3 rings (SSSR count). The van der Waals surface area contributed by atoms with Gasteiger partial charge >= 0.3 is 0 Å². The predicted octanol–water partition coefficient (Wildman–Crippen LogP) is 2.35. The summed E-state index contributed by atoms with van der Waals surface area (Å²) in [4.78, 5) is 8.60. The lowest BCUT2D eigenvalue weighted by Crippen LogP contribution is -1.85. The van der Waals surface area contributed by atoms with E-state index in [1.807, 2.05) is 6.92 Å². The molecule has 0 radical (unpaired) electrons. The van der Waals surface area contributed by atoms with Gasteiger partial charge in [0.25, 0.3) is 0 Å². The average molecular weight is 246 g/mol. The highest BCUT2D eigenvalue weighted by atomic mass is 32.1. The van der Waals surface area contributed by atoms with E-state index in [0.29, 0.717) is 0 Å². The number of aryl methyl sites for hydroxylation is 1. The number of imidazole rings is 1. The first-order chi connectivity index (χ1) is 8.28. The van der Waals surface area contributed by atoms with Crippen molar-refractivity contribution in [1.82, 2.24) is 19.6 Å². The highest BCUT2D eigenvalue weighted by Crippen LogP contribution is 2.27. The van der Waals surface area contributed by atoms with E-state index in [4.69, 9.17) is 0 Å². The van der Waals surface area contributed by atoms with Gasteiger partial charge in [0.05, 0.1) is 16.7 Å². The lowest BCUT2D eigenvalue weighted by Gasteiger charge is -1.91. The second-order valence-corrected chi connectivity index (χ2v) is 4.44. The fourth-order valence-corrected chi connectivity index (χ4v) is 2.42. The fourth-order valence-electron chi connectivity index (χ4n) is 1.72. The molecule has 0 amide bonds. The van der Waals surface area contributed by atoms with Gasteiger partial charge in [0.1, 0.15) is 10.6 Å². The number of hydrogen-bond donors (Lipinski definition) is 2. The summed E-state index contributed by atoms with van der Waals surface area (Å²) >= 11 is 1.33. The number of aromatic nitrogens is 4. The van der Waals surface area contributed by atoms with Crippen LogP contribution in [-0.2, 0) is 6.42 Å². The molecule has 5 nitrogen and oxygen atoms in total. The molecule has 0 saturated carbocycles. The highest BCUT2D eigenvalue weighted by Gasteiger charge is 2.13. The summed E-state index contributed by atoms with van der Waals surface area (Å²) in [5, 5.41) is 13.5. The smallest absolute Gasteiger partial charge is 0.152 e. The molecule has 2 aromatic heterocycles. The standard InChI is InChI=1S/C11H10N4OS/c1-2-7-10(17-15-14-7)11-12-8-4-3-6(16)5-9(8)13-11/h3-5,16H,2H2,1H3,(H,12,13). The van der Waals surface area contributed by atoms with Crippen molar-refractivity contribution in [3.63, 3.8) is 0 Å². The number of hydrogen-bond acceptors (Lipinski definition) is 5. The Labute approximate surface area is 101 Å². The van der Waals surface area contributed by atoms with Crippen LogP contribution in [0.2, 0.25) is 0 Å². The molecule has 0 aliphatic heterocycles. The molecule has 0 unspecified atom stereocenters. The van der Waals surface area contributed by atoms with Crippen molar-refractivity contribution >= 4 is 22.6 Å². The summed E-state index contributed by atoms with van der Waals surface area (Å²) in [5.74, 6) is 0.989. The van der Waals surface area contributed by atoms with Crippen molar-refractivity contribution in [1.29, 1.82) is 0 Å². The largest absolute Gasteiger partial charge is 0.508 e. The van der Waals surface area contributed by atoms with Crippen LogP contribution in [0.1, 0.15) is 12.6 Å². The summed E-state index contributed by atoms with van der Waals surface area (Å²) in [5.41, 5.74) is 2.59. The minimum absolute atomic E-state index is 0.228. The Morgan fingerprint density at radius 2 is 2.29 bits per heavy atom. The molecule has 17 heavy (non-hydrogen) atoms. The van der Waals surface area contributed by atoms with Crippen LogP contribution in [-0.4, -0.2) is 24.7 Å². The van der Waals surface area contributed by atoms with Gasteiger partial charge in [-0.1, -0.05) is 11.4 Å². The van der Waals surface area contributed by atoms with Gasteiger partial charge in [-0.15, -0.1) is 5.10 Å². The molecule has 0 bridgehead atoms. The normalized spacial score (nSPS) is 11.1. The van der Waals surface area contributed by atoms with Gasteiger partial charge in [-0.2, -0.15) is 0 Å². The summed E-state index contributed by atoms with van der Waals surface area (Å²) < 4.78 is 3.94. The number of phenolic OH excluding ortho intramolecular Hbond substituents is 1. The van der Waals surface area contributed by atoms with Crippen molar-refractivity contribution in [3.05, 3.63) is 23.9 Å². The molecule has 6 heteroatoms. The topological polar surface area (TPSA) is 74.7 Å². The van der Waals surface area contributed by atoms with Crippen LogP contribution in [0.3, 0.4) is 0 Å². The third-order valence-corrected chi connectivity index (χ3v) is 3.35. The van der Waals surface area contributed by atoms with E-state index in [-0.39, 0.29) is 5.75 Å². The average Bonchev–Trinajstić information content (AvgIpc) is 2.93. The molecule has 0 atom stereocenters. The molecule has 3 aromatic rings. The zero-order chi connectivity index (χ0) is 11.8. The molecule has 2 N–H and O–H groups in total. The molecular formula is C11H10N4OS. The maximum absolute atomic E-state index is 9.40. The van der Waals surface area contributed by atoms with Crippen LogP contribution in [0.5, 0.6) is 5.75 Å². The number of fused-ring (bicyclic) bond motifs is 1. The highest BCUT2D eigenvalue weighted by molar-refractivity contribution is 7.09. The van der Waals surface area contributed by atoms with Gasteiger partial charge < -0.3 is 10.1 Å². The van der Waals surface area contributed by atoms with E-state index < -0.39 is 0 Å². The van der Waals surface area contributed by atoms with Crippen molar-refractivity contribution in [2.75, 3.05) is 0 Å². The Morgan fingerprint density at radius 3 is 3.12 bits per heavy atom. The number of nitrogens with one attached hydrogen (secondary N) is 1. The van der Waals surface area contributed by atoms with Crippen LogP contribution in [0, 0.1) is 0 Å². The Kier molecular flexibility index (Phi) is 2.29. The van der Waals surface area contributed by atoms with Gasteiger partial charge in [0.15, 0.2) is 5.82 Å². The number of H-pyrrole nitrogens is 1. The first-order valence-electron chi connectivity index (χ1n) is 5.28. The number of nitrogens with zero attached hydrogens (tertiary/aromatic N) is 3. The van der Waals surface area contributed by atoms with Crippen LogP contribution in [0.4, 0.5) is 0 Å². The van der Waals surface area contributed by atoms with Crippen molar-refractivity contribution < 1.29 is 5.11 Å². The number of rotatable bonds is 2. The van der Waals surface area contributed by atoms with Crippen molar-refractivity contribution in [2.24, 2.45) is 0 Å². The maximum atomic E-state index is 9.40. The predicted molar refractivity (Wildman–Crippen MR) is 66.0 cm³/mol. The number of phenols is 1. The molecule has 2 heterocycles. The zero-order valence-corrected chi connectivity index (χ0v) is 9.95. The molecule has 0 aliphatic rings. The van der Waals surface area contributed by atoms with E-state index in [1.165, 1.54) is 11.5 Å². The summed E-state index contributed by atoms with van der Waals surface area (Å²) in [7, 11) is 0. The number of benzene rings is 1. The second kappa shape index (κ2) is 3.81. The van der Waals surface area contributed by atoms with Crippen LogP contribution >= 0.6 is 11.5 Å². The molecule has 86 valence electrons. The van der Waals surface area contributed by atoms with E-state index in [1.54, 1.807) is 18.2 Å². The van der Waals surface area contributed by atoms with E-state index in [0.717, 1.165) is 33.8 Å². The number of aromatic amines is 1. The summed E-state index contributed by atoms with van der Waals surface area (Å²) in [6.45, 7) is 2.04. The Hall–Kier alpha value is -1.95. The SMILES string of the molecule is CCc1nnsc1-c1nc2ccc(O)cc2[nH]1. The van der Waals surface area contributed by atoms with Gasteiger partial charge in [0, 0.05) is 6.07 Å². The van der Waals surface area contributed by atoms with Gasteiger partial charge in [-0.05, 0) is 30.1 Å². The van der Waals surface area contributed by atoms with E-state index in [2.05, 4.69) is 19.6 Å². The second-order valence-electron chi connectivity index (χ2n) is 3.69. The molecule has 0 spiro atoms. The summed E-state index contributed by atoms with van der Waals surface area (Å²) in [6.07, 6.45) is 0.828. The number of aromatic hydroxyl groups is 1. The minimum atomic E-state index is 0.228. The molecule has 1 aromatic carbocycles. The lowest BCUT2D eigenvalue weighted by atomic mass is 10.3. The van der Waals surface area contributed by atoms with Gasteiger partial charge in [-0.25, -0.2) is 4.98 Å². The van der Waals surface area contributed by atoms with Gasteiger partial charge in [-0.3, -0.25) is 0 Å². The summed E-state index contributed by atoms with van der Waals surface area (Å²) in [6, 6.07) is 5.06. The maximum Gasteiger partial charge on any atom is 0.152 e. The molecular weight excluding hydrogens is 236 g/mol.